The van der Waals surface area contributed by atoms with E-state index in [1.54, 1.807) is 12.1 Å². The molecule has 0 fully saturated rings. The highest BCUT2D eigenvalue weighted by Crippen LogP contribution is 2.01. The van der Waals surface area contributed by atoms with E-state index < -0.39 is 5.97 Å². The Hall–Kier alpha value is -1.82. The van der Waals surface area contributed by atoms with Crippen molar-refractivity contribution in [3.05, 3.63) is 35.6 Å². The van der Waals surface area contributed by atoms with E-state index in [0.717, 1.165) is 0 Å². The molecule has 1 aromatic rings. The summed E-state index contributed by atoms with van der Waals surface area (Å²) in [6, 6.07) is 5.89. The second-order valence-corrected chi connectivity index (χ2v) is 2.57. The average molecular weight is 192 g/mol. The zero-order valence-electron chi connectivity index (χ0n) is 7.71. The van der Waals surface area contributed by atoms with Gasteiger partial charge in [0.25, 0.3) is 0 Å². The summed E-state index contributed by atoms with van der Waals surface area (Å²) in [5.74, 6) is 4.52. The van der Waals surface area contributed by atoms with Crippen LogP contribution in [0.2, 0.25) is 0 Å². The van der Waals surface area contributed by atoms with Crippen molar-refractivity contribution in [2.75, 3.05) is 7.11 Å². The van der Waals surface area contributed by atoms with Crippen LogP contribution in [-0.4, -0.2) is 13.1 Å². The zero-order chi connectivity index (χ0) is 10.4. The number of methoxy groups -OCH3 is 1. The molecular weight excluding hydrogens is 183 g/mol. The van der Waals surface area contributed by atoms with Gasteiger partial charge in [0.15, 0.2) is 0 Å². The van der Waals surface area contributed by atoms with E-state index in [1.165, 1.54) is 19.2 Å². The van der Waals surface area contributed by atoms with Crippen LogP contribution in [0.5, 0.6) is 0 Å². The maximum absolute atomic E-state index is 12.7. The van der Waals surface area contributed by atoms with Crippen molar-refractivity contribution >= 4 is 5.97 Å². The van der Waals surface area contributed by atoms with Gasteiger partial charge in [0.1, 0.15) is 12.2 Å². The summed E-state index contributed by atoms with van der Waals surface area (Å²) in [5.41, 5.74) is 0.550. The first-order valence-electron chi connectivity index (χ1n) is 4.03. The fourth-order valence-corrected chi connectivity index (χ4v) is 0.857. The van der Waals surface area contributed by atoms with Gasteiger partial charge in [-0.3, -0.25) is 4.79 Å². The van der Waals surface area contributed by atoms with Gasteiger partial charge in [0.05, 0.1) is 7.11 Å². The van der Waals surface area contributed by atoms with Gasteiger partial charge >= 0.3 is 5.97 Å². The van der Waals surface area contributed by atoms with Crippen LogP contribution in [0.25, 0.3) is 0 Å². The van der Waals surface area contributed by atoms with Gasteiger partial charge in [0.2, 0.25) is 0 Å². The van der Waals surface area contributed by atoms with Crippen LogP contribution in [-0.2, 0) is 9.53 Å². The molecule has 3 heteroatoms. The predicted molar refractivity (Wildman–Crippen MR) is 49.9 cm³/mol. The molecule has 0 atom stereocenters. The highest BCUT2D eigenvalue weighted by molar-refractivity contribution is 5.72. The van der Waals surface area contributed by atoms with E-state index in [9.17, 15) is 9.18 Å². The molecule has 0 radical (unpaired) electrons. The third-order valence-corrected chi connectivity index (χ3v) is 1.52. The third-order valence-electron chi connectivity index (χ3n) is 1.52. The van der Waals surface area contributed by atoms with Crippen molar-refractivity contribution in [3.8, 4) is 11.8 Å². The molecule has 0 aliphatic rings. The Balaban J connectivity index is 2.64. The number of carbonyl (C=O) groups excluding carboxylic acids is 1. The van der Waals surface area contributed by atoms with Crippen molar-refractivity contribution in [1.29, 1.82) is 0 Å². The molecule has 0 amide bonds. The predicted octanol–water partition coefficient (Wildman–Crippen LogP) is 1.74. The van der Waals surface area contributed by atoms with Gasteiger partial charge < -0.3 is 4.74 Å². The van der Waals surface area contributed by atoms with Crippen LogP contribution >= 0.6 is 0 Å². The number of rotatable bonds is 1. The maximum Gasteiger partial charge on any atom is 0.317 e. The Morgan fingerprint density at radius 1 is 1.57 bits per heavy atom. The molecule has 1 aromatic carbocycles. The van der Waals surface area contributed by atoms with E-state index >= 15 is 0 Å². The smallest absolute Gasteiger partial charge is 0.317 e. The Labute approximate surface area is 81.7 Å². The van der Waals surface area contributed by atoms with Gasteiger partial charge in [-0.05, 0) is 18.2 Å². The topological polar surface area (TPSA) is 26.3 Å². The molecule has 0 saturated carbocycles. The lowest BCUT2D eigenvalue weighted by atomic mass is 10.2. The Morgan fingerprint density at radius 3 is 3.00 bits per heavy atom. The van der Waals surface area contributed by atoms with Gasteiger partial charge in [-0.15, -0.1) is 0 Å². The highest BCUT2D eigenvalue weighted by atomic mass is 19.1. The molecule has 14 heavy (non-hydrogen) atoms. The lowest BCUT2D eigenvalue weighted by Gasteiger charge is -1.90. The second kappa shape index (κ2) is 5.03. The molecule has 0 aliphatic carbocycles. The second-order valence-electron chi connectivity index (χ2n) is 2.57. The van der Waals surface area contributed by atoms with Crippen LogP contribution in [0.1, 0.15) is 12.0 Å². The zero-order valence-corrected chi connectivity index (χ0v) is 7.71. The summed E-state index contributed by atoms with van der Waals surface area (Å²) in [6.07, 6.45) is 0.0208. The molecule has 0 unspecified atom stereocenters. The van der Waals surface area contributed by atoms with Crippen molar-refractivity contribution in [2.24, 2.45) is 0 Å². The van der Waals surface area contributed by atoms with Crippen LogP contribution in [0, 0.1) is 17.7 Å². The number of esters is 1. The van der Waals surface area contributed by atoms with E-state index in [4.69, 9.17) is 0 Å². The van der Waals surface area contributed by atoms with Gasteiger partial charge in [0, 0.05) is 5.56 Å². The Morgan fingerprint density at radius 2 is 2.36 bits per heavy atom. The fourth-order valence-electron chi connectivity index (χ4n) is 0.857. The molecule has 72 valence electrons. The Kier molecular flexibility index (Phi) is 3.69. The summed E-state index contributed by atoms with van der Waals surface area (Å²) < 4.78 is 17.1. The standard InChI is InChI=1S/C11H9FO2/c1-14-11(13)7-3-5-9-4-2-6-10(12)8-9/h2,4,6,8H,7H2,1H3. The number of ether oxygens (including phenoxy) is 1. The fraction of sp³-hybridized carbons (Fsp3) is 0.182. The van der Waals surface area contributed by atoms with Crippen LogP contribution in [0.15, 0.2) is 24.3 Å². The molecule has 0 heterocycles. The summed E-state index contributed by atoms with van der Waals surface area (Å²) in [6.45, 7) is 0. The quantitative estimate of drug-likeness (QED) is 0.500. The van der Waals surface area contributed by atoms with Crippen LogP contribution in [0.4, 0.5) is 4.39 Å². The molecule has 0 aromatic heterocycles. The molecule has 0 saturated heterocycles. The summed E-state index contributed by atoms with van der Waals surface area (Å²) in [5, 5.41) is 0. The van der Waals surface area contributed by atoms with Gasteiger partial charge in [-0.25, -0.2) is 4.39 Å². The number of hydrogen-bond acceptors (Lipinski definition) is 2. The van der Waals surface area contributed by atoms with E-state index in [0.29, 0.717) is 5.56 Å². The van der Waals surface area contributed by atoms with E-state index in [-0.39, 0.29) is 12.2 Å². The minimum absolute atomic E-state index is 0.0208. The molecule has 0 bridgehead atoms. The molecular formula is C11H9FO2. The molecule has 0 aliphatic heterocycles. The van der Waals surface area contributed by atoms with Crippen molar-refractivity contribution in [1.82, 2.24) is 0 Å². The third kappa shape index (κ3) is 3.28. The first kappa shape index (κ1) is 10.3. The monoisotopic (exact) mass is 192 g/mol. The Bertz CT molecular complexity index is 388. The van der Waals surface area contributed by atoms with Gasteiger partial charge in [-0.2, -0.15) is 0 Å². The maximum atomic E-state index is 12.7. The number of carbonyl (C=O) groups is 1. The number of halogens is 1. The minimum atomic E-state index is -0.395. The van der Waals surface area contributed by atoms with Crippen molar-refractivity contribution < 1.29 is 13.9 Å². The average Bonchev–Trinajstić information content (AvgIpc) is 2.17. The summed E-state index contributed by atoms with van der Waals surface area (Å²) >= 11 is 0. The number of benzene rings is 1. The minimum Gasteiger partial charge on any atom is -0.468 e. The normalized spacial score (nSPS) is 8.71. The molecule has 0 N–H and O–H groups in total. The summed E-state index contributed by atoms with van der Waals surface area (Å²) in [7, 11) is 1.30. The largest absolute Gasteiger partial charge is 0.468 e. The van der Waals surface area contributed by atoms with Gasteiger partial charge in [-0.1, -0.05) is 17.9 Å². The molecule has 1 rings (SSSR count). The highest BCUT2D eigenvalue weighted by Gasteiger charge is 1.94. The SMILES string of the molecule is COC(=O)CC#Cc1cccc(F)c1. The van der Waals surface area contributed by atoms with E-state index in [1.807, 2.05) is 0 Å². The first-order chi connectivity index (χ1) is 6.72. The molecule has 0 spiro atoms. The lowest BCUT2D eigenvalue weighted by Crippen LogP contribution is -1.96. The van der Waals surface area contributed by atoms with Crippen LogP contribution < -0.4 is 0 Å². The number of hydrogen-bond donors (Lipinski definition) is 0. The van der Waals surface area contributed by atoms with Crippen LogP contribution in [0.3, 0.4) is 0 Å². The first-order valence-corrected chi connectivity index (χ1v) is 4.03. The van der Waals surface area contributed by atoms with Crippen molar-refractivity contribution in [2.45, 2.75) is 6.42 Å². The van der Waals surface area contributed by atoms with Crippen molar-refractivity contribution in [3.63, 3.8) is 0 Å². The van der Waals surface area contributed by atoms with E-state index in [2.05, 4.69) is 16.6 Å². The molecule has 2 nitrogen and oxygen atoms in total. The lowest BCUT2D eigenvalue weighted by molar-refractivity contribution is -0.139. The summed E-state index contributed by atoms with van der Waals surface area (Å²) in [4.78, 5) is 10.7.